The first-order valence-corrected chi connectivity index (χ1v) is 11.4. The highest BCUT2D eigenvalue weighted by Crippen LogP contribution is 2.29. The molecule has 150 valence electrons. The molecule has 0 aromatic carbocycles. The summed E-state index contributed by atoms with van der Waals surface area (Å²) in [7, 11) is 0. The van der Waals surface area contributed by atoms with Gasteiger partial charge in [-0.3, -0.25) is 14.7 Å². The molecule has 0 spiro atoms. The van der Waals surface area contributed by atoms with Crippen LogP contribution in [-0.2, 0) is 28.9 Å². The van der Waals surface area contributed by atoms with Crippen LogP contribution in [0.25, 0.3) is 0 Å². The Bertz CT molecular complexity index is 920. The lowest BCUT2D eigenvalue weighted by Gasteiger charge is -2.24. The molecule has 4 rings (SSSR count). The zero-order valence-electron chi connectivity index (χ0n) is 15.8. The average molecular weight is 422 g/mol. The lowest BCUT2D eigenvalue weighted by molar-refractivity contribution is -0.113. The van der Waals surface area contributed by atoms with E-state index < -0.39 is 0 Å². The number of hydrogen-bond acceptors (Lipinski definition) is 8. The fraction of sp³-hybridized carbons (Fsp3) is 0.611. The lowest BCUT2D eigenvalue weighted by Crippen LogP contribution is -2.34. The molecule has 2 aromatic heterocycles. The number of thioether (sulfide) groups is 1. The van der Waals surface area contributed by atoms with Crippen molar-refractivity contribution in [1.29, 1.82) is 0 Å². The van der Waals surface area contributed by atoms with E-state index in [9.17, 15) is 9.59 Å². The Hall–Kier alpha value is -1.78. The molecule has 3 heterocycles. The van der Waals surface area contributed by atoms with Crippen molar-refractivity contribution in [3.63, 3.8) is 0 Å². The van der Waals surface area contributed by atoms with Crippen LogP contribution in [0.15, 0.2) is 9.82 Å². The number of ether oxygens (including phenoxy) is 1. The molecule has 1 aliphatic carbocycles. The number of rotatable bonds is 6. The average Bonchev–Trinajstić information content (AvgIpc) is 3.34. The first-order chi connectivity index (χ1) is 13.6. The third-order valence-electron chi connectivity index (χ3n) is 4.97. The van der Waals surface area contributed by atoms with Crippen LogP contribution in [0.5, 0.6) is 0 Å². The monoisotopic (exact) mass is 421 g/mol. The normalized spacial score (nSPS) is 18.8. The number of amides is 1. The Morgan fingerprint density at radius 3 is 2.93 bits per heavy atom. The van der Waals surface area contributed by atoms with Gasteiger partial charge in [0.05, 0.1) is 18.4 Å². The van der Waals surface area contributed by atoms with Gasteiger partial charge in [-0.05, 0) is 45.4 Å². The van der Waals surface area contributed by atoms with Crippen molar-refractivity contribution in [3.05, 3.63) is 26.7 Å². The molecule has 0 unspecified atom stereocenters. The Labute approximate surface area is 171 Å². The Balaban J connectivity index is 1.49. The van der Waals surface area contributed by atoms with Gasteiger partial charge >= 0.3 is 5.69 Å². The summed E-state index contributed by atoms with van der Waals surface area (Å²) in [4.78, 5) is 29.2. The third-order valence-corrected chi connectivity index (χ3v) is 6.75. The number of carbonyl (C=O) groups excluding carboxylic acids is 1. The van der Waals surface area contributed by atoms with E-state index in [1.54, 1.807) is 4.57 Å². The van der Waals surface area contributed by atoms with E-state index >= 15 is 0 Å². The summed E-state index contributed by atoms with van der Waals surface area (Å²) in [5.41, 5.74) is 1.96. The number of carbonyl (C=O) groups is 1. The quantitative estimate of drug-likeness (QED) is 0.564. The summed E-state index contributed by atoms with van der Waals surface area (Å²) in [6.07, 6.45) is 6.07. The predicted molar refractivity (Wildman–Crippen MR) is 108 cm³/mol. The number of nitrogens with one attached hydrogen (secondary N) is 1. The second-order valence-electron chi connectivity index (χ2n) is 7.04. The van der Waals surface area contributed by atoms with Crippen molar-refractivity contribution in [1.82, 2.24) is 19.7 Å². The Kier molecular flexibility index (Phi) is 6.07. The fourth-order valence-corrected chi connectivity index (χ4v) is 5.17. The van der Waals surface area contributed by atoms with Gasteiger partial charge in [-0.25, -0.2) is 4.79 Å². The number of aryl methyl sites for hydroxylation is 1. The molecule has 8 nitrogen and oxygen atoms in total. The van der Waals surface area contributed by atoms with Crippen LogP contribution in [0.4, 0.5) is 5.13 Å². The van der Waals surface area contributed by atoms with Crippen molar-refractivity contribution in [2.24, 2.45) is 0 Å². The molecular formula is C18H23N5O3S2. The van der Waals surface area contributed by atoms with E-state index in [4.69, 9.17) is 4.74 Å². The summed E-state index contributed by atoms with van der Waals surface area (Å²) in [5.74, 6) is 0.0174. The van der Waals surface area contributed by atoms with E-state index in [-0.39, 0.29) is 23.5 Å². The van der Waals surface area contributed by atoms with E-state index in [0.717, 1.165) is 61.4 Å². The molecular weight excluding hydrogens is 398 g/mol. The Morgan fingerprint density at radius 2 is 2.18 bits per heavy atom. The summed E-state index contributed by atoms with van der Waals surface area (Å²) >= 11 is 2.66. The van der Waals surface area contributed by atoms with E-state index in [2.05, 4.69) is 20.5 Å². The fourth-order valence-electron chi connectivity index (χ4n) is 3.68. The SMILES string of the molecule is Cc1nnc(NC(=O)CSc2nc(=O)n(C[C@@H]3CCCO3)c3c2CCCC3)s1. The number of aromatic nitrogens is 4. The van der Waals surface area contributed by atoms with Gasteiger partial charge in [0, 0.05) is 17.9 Å². The second kappa shape index (κ2) is 8.71. The maximum absolute atomic E-state index is 12.7. The van der Waals surface area contributed by atoms with Gasteiger partial charge in [0.2, 0.25) is 11.0 Å². The molecule has 1 aliphatic heterocycles. The second-order valence-corrected chi connectivity index (χ2v) is 9.19. The van der Waals surface area contributed by atoms with Gasteiger partial charge in [-0.2, -0.15) is 4.98 Å². The molecule has 0 bridgehead atoms. The molecule has 1 saturated heterocycles. The van der Waals surface area contributed by atoms with Crippen LogP contribution < -0.4 is 11.0 Å². The van der Waals surface area contributed by atoms with E-state index in [1.807, 2.05) is 6.92 Å². The van der Waals surface area contributed by atoms with Crippen LogP contribution in [0.1, 0.15) is 41.9 Å². The number of nitrogens with zero attached hydrogens (tertiary/aromatic N) is 4. The minimum Gasteiger partial charge on any atom is -0.376 e. The molecule has 1 N–H and O–H groups in total. The minimum atomic E-state index is -0.237. The molecule has 28 heavy (non-hydrogen) atoms. The van der Waals surface area contributed by atoms with Gasteiger partial charge in [-0.15, -0.1) is 10.2 Å². The van der Waals surface area contributed by atoms with Gasteiger partial charge in [0.15, 0.2) is 0 Å². The standard InChI is InChI=1S/C18H23N5O3S2/c1-11-21-22-17(28-11)19-15(24)10-27-16-13-6-2-3-7-14(13)23(18(25)20-16)9-12-5-4-8-26-12/h12H,2-10H2,1H3,(H,19,22,24)/t12-/m0/s1. The van der Waals surface area contributed by atoms with E-state index in [0.29, 0.717) is 16.7 Å². The van der Waals surface area contributed by atoms with Crippen molar-refractivity contribution in [2.45, 2.75) is 63.1 Å². The van der Waals surface area contributed by atoms with Gasteiger partial charge in [0.25, 0.3) is 0 Å². The largest absolute Gasteiger partial charge is 0.376 e. The van der Waals surface area contributed by atoms with Crippen LogP contribution >= 0.6 is 23.1 Å². The molecule has 10 heteroatoms. The Morgan fingerprint density at radius 1 is 1.32 bits per heavy atom. The highest BCUT2D eigenvalue weighted by molar-refractivity contribution is 8.00. The smallest absolute Gasteiger partial charge is 0.348 e. The van der Waals surface area contributed by atoms with Crippen LogP contribution in [0, 0.1) is 6.92 Å². The minimum absolute atomic E-state index is 0.102. The van der Waals surface area contributed by atoms with Gasteiger partial charge in [0.1, 0.15) is 10.0 Å². The van der Waals surface area contributed by atoms with Crippen LogP contribution in [0.2, 0.25) is 0 Å². The van der Waals surface area contributed by atoms with E-state index in [1.165, 1.54) is 23.1 Å². The van der Waals surface area contributed by atoms with Crippen molar-refractivity contribution < 1.29 is 9.53 Å². The molecule has 1 atom stereocenters. The van der Waals surface area contributed by atoms with Crippen LogP contribution in [0.3, 0.4) is 0 Å². The number of fused-ring (bicyclic) bond motifs is 1. The summed E-state index contributed by atoms with van der Waals surface area (Å²) in [6, 6.07) is 0. The first kappa shape index (κ1) is 19.5. The number of hydrogen-bond donors (Lipinski definition) is 1. The zero-order chi connectivity index (χ0) is 19.5. The first-order valence-electron chi connectivity index (χ1n) is 9.57. The zero-order valence-corrected chi connectivity index (χ0v) is 17.4. The molecule has 1 fully saturated rings. The molecule has 2 aliphatic rings. The maximum Gasteiger partial charge on any atom is 0.348 e. The van der Waals surface area contributed by atoms with Gasteiger partial charge in [-0.1, -0.05) is 23.1 Å². The molecule has 0 radical (unpaired) electrons. The summed E-state index contributed by atoms with van der Waals surface area (Å²) in [6.45, 7) is 3.19. The molecule has 1 amide bonds. The van der Waals surface area contributed by atoms with Crippen molar-refractivity contribution >= 4 is 34.1 Å². The molecule has 2 aromatic rings. The van der Waals surface area contributed by atoms with Crippen LogP contribution in [-0.4, -0.2) is 44.1 Å². The number of anilines is 1. The lowest BCUT2D eigenvalue weighted by atomic mass is 9.97. The highest BCUT2D eigenvalue weighted by Gasteiger charge is 2.24. The van der Waals surface area contributed by atoms with Crippen molar-refractivity contribution in [3.8, 4) is 0 Å². The molecule has 0 saturated carbocycles. The highest BCUT2D eigenvalue weighted by atomic mass is 32.2. The predicted octanol–water partition coefficient (Wildman–Crippen LogP) is 2.19. The summed E-state index contributed by atoms with van der Waals surface area (Å²) in [5, 5.41) is 12.5. The maximum atomic E-state index is 12.7. The van der Waals surface area contributed by atoms with Gasteiger partial charge < -0.3 is 4.74 Å². The van der Waals surface area contributed by atoms with Crippen molar-refractivity contribution in [2.75, 3.05) is 17.7 Å². The third kappa shape index (κ3) is 4.44. The summed E-state index contributed by atoms with van der Waals surface area (Å²) < 4.78 is 7.52. The topological polar surface area (TPSA) is 99.0 Å².